The average Bonchev–Trinajstić information content (AvgIpc) is 2.79. The zero-order chi connectivity index (χ0) is 12.3. The molecule has 1 aliphatic heterocycles. The smallest absolute Gasteiger partial charge is 0.315 e. The molecule has 0 spiro atoms. The monoisotopic (exact) mass is 255 g/mol. The average molecular weight is 255 g/mol. The number of nitro groups is 1. The third kappa shape index (κ3) is 3.24. The van der Waals surface area contributed by atoms with E-state index in [-0.39, 0.29) is 9.92 Å². The highest BCUT2D eigenvalue weighted by Crippen LogP contribution is 2.24. The van der Waals surface area contributed by atoms with Gasteiger partial charge >= 0.3 is 5.00 Å². The number of rotatable bonds is 4. The topological polar surface area (TPSA) is 58.4 Å². The number of piperidine rings is 1. The van der Waals surface area contributed by atoms with Gasteiger partial charge in [-0.25, -0.2) is 0 Å². The maximum atomic E-state index is 10.6. The first-order chi connectivity index (χ1) is 8.16. The van der Waals surface area contributed by atoms with Gasteiger partial charge in [0.25, 0.3) is 0 Å². The summed E-state index contributed by atoms with van der Waals surface area (Å²) in [5.41, 5.74) is 1.04. The molecule has 1 fully saturated rings. The Labute approximate surface area is 105 Å². The summed E-state index contributed by atoms with van der Waals surface area (Å²) in [4.78, 5) is 12.5. The van der Waals surface area contributed by atoms with Gasteiger partial charge in [0.1, 0.15) is 0 Å². The second kappa shape index (κ2) is 5.57. The van der Waals surface area contributed by atoms with Crippen molar-refractivity contribution in [1.82, 2.24) is 10.2 Å². The fourth-order valence-electron chi connectivity index (χ4n) is 2.17. The maximum absolute atomic E-state index is 10.6. The van der Waals surface area contributed by atoms with E-state index < -0.39 is 0 Å². The van der Waals surface area contributed by atoms with Gasteiger partial charge in [-0.2, -0.15) is 0 Å². The zero-order valence-electron chi connectivity index (χ0n) is 9.89. The van der Waals surface area contributed by atoms with Gasteiger partial charge in [0, 0.05) is 30.6 Å². The van der Waals surface area contributed by atoms with Crippen molar-refractivity contribution in [1.29, 1.82) is 0 Å². The fourth-order valence-corrected chi connectivity index (χ4v) is 2.89. The molecule has 2 heterocycles. The van der Waals surface area contributed by atoms with Gasteiger partial charge in [-0.05, 0) is 32.0 Å². The van der Waals surface area contributed by atoms with Gasteiger partial charge < -0.3 is 5.32 Å². The molecule has 0 aliphatic carbocycles. The minimum absolute atomic E-state index is 0.232. The molecule has 0 radical (unpaired) electrons. The van der Waals surface area contributed by atoms with Gasteiger partial charge in [-0.1, -0.05) is 11.3 Å². The molecule has 2 rings (SSSR count). The lowest BCUT2D eigenvalue weighted by molar-refractivity contribution is -0.380. The Kier molecular flexibility index (Phi) is 4.09. The first-order valence-electron chi connectivity index (χ1n) is 5.79. The SMILES string of the molecule is CN(Cc1csc([N+](=O)[O-])c1)C1CCCNC1. The van der Waals surface area contributed by atoms with E-state index in [0.717, 1.165) is 25.2 Å². The van der Waals surface area contributed by atoms with Crippen LogP contribution in [0.15, 0.2) is 11.4 Å². The number of nitrogens with one attached hydrogen (secondary N) is 1. The third-order valence-corrected chi connectivity index (χ3v) is 4.08. The maximum Gasteiger partial charge on any atom is 0.324 e. The van der Waals surface area contributed by atoms with E-state index in [9.17, 15) is 10.1 Å². The molecule has 1 aromatic heterocycles. The molecule has 0 bridgehead atoms. The summed E-state index contributed by atoms with van der Waals surface area (Å²) in [5.74, 6) is 0. The predicted octanol–water partition coefficient (Wildman–Crippen LogP) is 1.84. The van der Waals surface area contributed by atoms with Gasteiger partial charge in [0.15, 0.2) is 0 Å². The van der Waals surface area contributed by atoms with Crippen molar-refractivity contribution in [3.8, 4) is 0 Å². The predicted molar refractivity (Wildman–Crippen MR) is 68.3 cm³/mol. The van der Waals surface area contributed by atoms with Crippen LogP contribution in [0.4, 0.5) is 5.00 Å². The molecule has 1 unspecified atom stereocenters. The zero-order valence-corrected chi connectivity index (χ0v) is 10.7. The van der Waals surface area contributed by atoms with Gasteiger partial charge in [0.2, 0.25) is 0 Å². The summed E-state index contributed by atoms with van der Waals surface area (Å²) < 4.78 is 0. The van der Waals surface area contributed by atoms with E-state index in [2.05, 4.69) is 17.3 Å². The van der Waals surface area contributed by atoms with Crippen molar-refractivity contribution in [2.75, 3.05) is 20.1 Å². The molecule has 0 amide bonds. The summed E-state index contributed by atoms with van der Waals surface area (Å²) in [6.45, 7) is 2.91. The van der Waals surface area contributed by atoms with Crippen molar-refractivity contribution in [3.63, 3.8) is 0 Å². The Balaban J connectivity index is 1.92. The Morgan fingerprint density at radius 1 is 1.71 bits per heavy atom. The molecule has 1 aromatic rings. The molecular formula is C11H17N3O2S. The Bertz CT molecular complexity index is 388. The van der Waals surface area contributed by atoms with Crippen LogP contribution in [0.3, 0.4) is 0 Å². The quantitative estimate of drug-likeness (QED) is 0.659. The molecule has 0 saturated carbocycles. The van der Waals surface area contributed by atoms with Crippen LogP contribution in [-0.2, 0) is 6.54 Å². The van der Waals surface area contributed by atoms with Gasteiger partial charge in [-0.3, -0.25) is 15.0 Å². The van der Waals surface area contributed by atoms with Crippen molar-refractivity contribution >= 4 is 16.3 Å². The Hall–Kier alpha value is -0.980. The van der Waals surface area contributed by atoms with Gasteiger partial charge in [0.05, 0.1) is 4.92 Å². The molecule has 1 N–H and O–H groups in total. The highest BCUT2D eigenvalue weighted by atomic mass is 32.1. The lowest BCUT2D eigenvalue weighted by Crippen LogP contribution is -2.43. The number of hydrogen-bond donors (Lipinski definition) is 1. The number of thiophene rings is 1. The van der Waals surface area contributed by atoms with Crippen LogP contribution >= 0.6 is 11.3 Å². The van der Waals surface area contributed by atoms with Crippen LogP contribution in [0.1, 0.15) is 18.4 Å². The van der Waals surface area contributed by atoms with E-state index in [1.165, 1.54) is 24.2 Å². The van der Waals surface area contributed by atoms with Gasteiger partial charge in [-0.15, -0.1) is 0 Å². The number of nitrogens with zero attached hydrogens (tertiary/aromatic N) is 2. The number of hydrogen-bond acceptors (Lipinski definition) is 5. The molecular weight excluding hydrogens is 238 g/mol. The molecule has 0 aromatic carbocycles. The highest BCUT2D eigenvalue weighted by molar-refractivity contribution is 7.13. The van der Waals surface area contributed by atoms with E-state index in [4.69, 9.17) is 0 Å². The molecule has 94 valence electrons. The second-order valence-electron chi connectivity index (χ2n) is 4.47. The minimum Gasteiger partial charge on any atom is -0.315 e. The van der Waals surface area contributed by atoms with Crippen LogP contribution in [0.5, 0.6) is 0 Å². The van der Waals surface area contributed by atoms with E-state index in [0.29, 0.717) is 6.04 Å². The minimum atomic E-state index is -0.323. The molecule has 17 heavy (non-hydrogen) atoms. The summed E-state index contributed by atoms with van der Waals surface area (Å²) in [5, 5.41) is 16.1. The van der Waals surface area contributed by atoms with Crippen molar-refractivity contribution in [2.24, 2.45) is 0 Å². The van der Waals surface area contributed by atoms with Crippen molar-refractivity contribution in [2.45, 2.75) is 25.4 Å². The molecule has 6 heteroatoms. The lowest BCUT2D eigenvalue weighted by atomic mass is 10.1. The molecule has 5 nitrogen and oxygen atoms in total. The summed E-state index contributed by atoms with van der Waals surface area (Å²) in [7, 11) is 2.08. The molecule has 1 aliphatic rings. The van der Waals surface area contributed by atoms with Crippen LogP contribution in [0.25, 0.3) is 0 Å². The first-order valence-corrected chi connectivity index (χ1v) is 6.67. The summed E-state index contributed by atoms with van der Waals surface area (Å²) in [6.07, 6.45) is 2.41. The fraction of sp³-hybridized carbons (Fsp3) is 0.636. The lowest BCUT2D eigenvalue weighted by Gasteiger charge is -2.31. The van der Waals surface area contributed by atoms with E-state index in [1.54, 1.807) is 6.07 Å². The third-order valence-electron chi connectivity index (χ3n) is 3.15. The van der Waals surface area contributed by atoms with Crippen molar-refractivity contribution in [3.05, 3.63) is 27.1 Å². The normalized spacial score (nSPS) is 20.7. The molecule has 1 saturated heterocycles. The van der Waals surface area contributed by atoms with Crippen LogP contribution < -0.4 is 5.32 Å². The highest BCUT2D eigenvalue weighted by Gasteiger charge is 2.19. The Morgan fingerprint density at radius 2 is 2.53 bits per heavy atom. The van der Waals surface area contributed by atoms with Crippen LogP contribution in [-0.4, -0.2) is 36.0 Å². The number of likely N-dealkylation sites (N-methyl/N-ethyl adjacent to an activating group) is 1. The van der Waals surface area contributed by atoms with Crippen molar-refractivity contribution < 1.29 is 4.92 Å². The molecule has 1 atom stereocenters. The second-order valence-corrected chi connectivity index (χ2v) is 5.36. The van der Waals surface area contributed by atoms with Crippen LogP contribution in [0.2, 0.25) is 0 Å². The summed E-state index contributed by atoms with van der Waals surface area (Å²) in [6, 6.07) is 2.22. The van der Waals surface area contributed by atoms with Crippen LogP contribution in [0, 0.1) is 10.1 Å². The first kappa shape index (κ1) is 12.5. The standard InChI is InChI=1S/C11H17N3O2S/c1-13(10-3-2-4-12-6-10)7-9-5-11(14(15)16)17-8-9/h5,8,10,12H,2-4,6-7H2,1H3. The summed E-state index contributed by atoms with van der Waals surface area (Å²) >= 11 is 1.20. The Morgan fingerprint density at radius 3 is 3.12 bits per heavy atom. The van der Waals surface area contributed by atoms with E-state index >= 15 is 0 Å². The van der Waals surface area contributed by atoms with E-state index in [1.807, 2.05) is 5.38 Å². The largest absolute Gasteiger partial charge is 0.324 e.